The Labute approximate surface area is 196 Å². The maximum absolute atomic E-state index is 12.2. The summed E-state index contributed by atoms with van der Waals surface area (Å²) in [7, 11) is 0. The molecule has 2 fully saturated rings. The Kier molecular flexibility index (Phi) is 7.01. The number of hydrogen-bond donors (Lipinski definition) is 5. The van der Waals surface area contributed by atoms with Crippen molar-refractivity contribution in [3.05, 3.63) is 12.2 Å². The number of carboxylic acid groups (broad SMARTS) is 1. The number of imidazole rings is 1. The Morgan fingerprint density at radius 1 is 1.24 bits per heavy atom. The van der Waals surface area contributed by atoms with Crippen LogP contribution in [0.1, 0.15) is 51.6 Å². The van der Waals surface area contributed by atoms with Gasteiger partial charge in [-0.3, -0.25) is 14.2 Å². The number of hydrogen-bond acceptors (Lipinski definition) is 9. The number of fused-ring (bicyclic) bond motifs is 1. The fourth-order valence-corrected chi connectivity index (χ4v) is 5.03. The van der Waals surface area contributed by atoms with Gasteiger partial charge in [-0.05, 0) is 44.4 Å². The Bertz CT molecular complexity index is 1050. The van der Waals surface area contributed by atoms with Crippen molar-refractivity contribution in [3.8, 4) is 0 Å². The minimum absolute atomic E-state index is 0.189. The first-order valence-corrected chi connectivity index (χ1v) is 11.7. The summed E-state index contributed by atoms with van der Waals surface area (Å²) in [5, 5.41) is 32.7. The number of carbonyl (C=O) groups is 2. The van der Waals surface area contributed by atoms with E-state index in [4.69, 9.17) is 10.5 Å². The van der Waals surface area contributed by atoms with Gasteiger partial charge in [0.25, 0.3) is 5.91 Å². The summed E-state index contributed by atoms with van der Waals surface area (Å²) in [5.74, 6) is -0.215. The molecule has 2 aromatic heterocycles. The van der Waals surface area contributed by atoms with Gasteiger partial charge in [-0.25, -0.2) is 15.0 Å². The Morgan fingerprint density at radius 2 is 1.94 bits per heavy atom. The number of aliphatic hydroxyl groups is 2. The Hall–Kier alpha value is -2.83. The standard InChI is InChI=1S/C22H32N6O6/c1-3-24-20(31)17-15(29)16(30)21(34-17)28-9-25-14-18(23)26-13(27-19(14)28)8-10(2)11-4-6-12(7-5-11)22(32)33/h9-12,15-17,21,29-30H,3-8H2,1-2H3,(H,24,31)(H,32,33)(H2,23,26,27). The summed E-state index contributed by atoms with van der Waals surface area (Å²) in [6.45, 7) is 4.21. The second-order valence-electron chi connectivity index (χ2n) is 9.30. The van der Waals surface area contributed by atoms with E-state index in [0.29, 0.717) is 48.7 Å². The average molecular weight is 477 g/mol. The number of carbonyl (C=O) groups excluding carboxylic acids is 1. The van der Waals surface area contributed by atoms with Crippen LogP contribution in [0.15, 0.2) is 6.33 Å². The van der Waals surface area contributed by atoms with Crippen molar-refractivity contribution >= 4 is 28.9 Å². The van der Waals surface area contributed by atoms with Crippen molar-refractivity contribution in [2.24, 2.45) is 17.8 Å². The molecule has 0 aromatic carbocycles. The molecule has 3 heterocycles. The monoisotopic (exact) mass is 476 g/mol. The number of nitrogen functional groups attached to an aromatic ring is 1. The molecule has 1 amide bonds. The molecule has 34 heavy (non-hydrogen) atoms. The molecule has 1 saturated carbocycles. The molecule has 1 saturated heterocycles. The van der Waals surface area contributed by atoms with Crippen molar-refractivity contribution < 1.29 is 29.6 Å². The van der Waals surface area contributed by atoms with Crippen LogP contribution < -0.4 is 11.1 Å². The van der Waals surface area contributed by atoms with E-state index in [-0.39, 0.29) is 17.7 Å². The van der Waals surface area contributed by atoms with E-state index in [9.17, 15) is 24.9 Å². The molecular formula is C22H32N6O6. The fourth-order valence-electron chi connectivity index (χ4n) is 5.03. The zero-order valence-corrected chi connectivity index (χ0v) is 19.3. The third kappa shape index (κ3) is 4.57. The van der Waals surface area contributed by atoms with Gasteiger partial charge in [0.2, 0.25) is 0 Å². The fraction of sp³-hybridized carbons (Fsp3) is 0.682. The molecule has 12 heteroatoms. The number of aliphatic hydroxyl groups excluding tert-OH is 2. The molecule has 1 aliphatic carbocycles. The molecule has 0 radical (unpaired) electrons. The van der Waals surface area contributed by atoms with Gasteiger partial charge in [-0.1, -0.05) is 6.92 Å². The summed E-state index contributed by atoms with van der Waals surface area (Å²) in [6, 6.07) is 0. The highest BCUT2D eigenvalue weighted by Gasteiger charge is 2.47. The number of nitrogens with one attached hydrogen (secondary N) is 1. The number of rotatable bonds is 7. The third-order valence-electron chi connectivity index (χ3n) is 7.05. The van der Waals surface area contributed by atoms with Crippen LogP contribution in [-0.2, 0) is 20.7 Å². The van der Waals surface area contributed by atoms with Crippen LogP contribution in [0.4, 0.5) is 5.82 Å². The summed E-state index contributed by atoms with van der Waals surface area (Å²) in [6.07, 6.45) is -0.0969. The van der Waals surface area contributed by atoms with Crippen LogP contribution in [0, 0.1) is 17.8 Å². The van der Waals surface area contributed by atoms with E-state index in [1.165, 1.54) is 10.9 Å². The normalized spacial score (nSPS) is 30.4. The molecule has 6 N–H and O–H groups in total. The zero-order valence-electron chi connectivity index (χ0n) is 19.3. The van der Waals surface area contributed by atoms with Gasteiger partial charge in [-0.2, -0.15) is 0 Å². The van der Waals surface area contributed by atoms with Gasteiger partial charge in [-0.15, -0.1) is 0 Å². The number of aliphatic carboxylic acids is 1. The molecular weight excluding hydrogens is 444 g/mol. The number of amides is 1. The highest BCUT2D eigenvalue weighted by atomic mass is 16.6. The summed E-state index contributed by atoms with van der Waals surface area (Å²) < 4.78 is 7.16. The Balaban J connectivity index is 1.53. The largest absolute Gasteiger partial charge is 0.481 e. The molecule has 2 aromatic rings. The maximum Gasteiger partial charge on any atom is 0.306 e. The topological polar surface area (TPSA) is 186 Å². The lowest BCUT2D eigenvalue weighted by Gasteiger charge is -2.30. The highest BCUT2D eigenvalue weighted by Crippen LogP contribution is 2.36. The van der Waals surface area contributed by atoms with Crippen molar-refractivity contribution in [3.63, 3.8) is 0 Å². The maximum atomic E-state index is 12.2. The van der Waals surface area contributed by atoms with Gasteiger partial charge in [0.15, 0.2) is 23.8 Å². The highest BCUT2D eigenvalue weighted by molar-refractivity contribution is 5.83. The summed E-state index contributed by atoms with van der Waals surface area (Å²) in [5.41, 5.74) is 6.83. The van der Waals surface area contributed by atoms with E-state index in [2.05, 4.69) is 27.2 Å². The lowest BCUT2D eigenvalue weighted by atomic mass is 9.75. The molecule has 186 valence electrons. The van der Waals surface area contributed by atoms with Crippen molar-refractivity contribution in [1.82, 2.24) is 24.8 Å². The molecule has 2 aliphatic rings. The first kappa shape index (κ1) is 24.3. The van der Waals surface area contributed by atoms with Crippen molar-refractivity contribution in [1.29, 1.82) is 0 Å². The van der Waals surface area contributed by atoms with E-state index in [0.717, 1.165) is 12.8 Å². The van der Waals surface area contributed by atoms with Crippen LogP contribution in [0.5, 0.6) is 0 Å². The van der Waals surface area contributed by atoms with Crippen LogP contribution in [0.3, 0.4) is 0 Å². The minimum Gasteiger partial charge on any atom is -0.481 e. The SMILES string of the molecule is CCNC(=O)C1OC(n2cnc3c(N)nc(CC(C)C4CCC(C(=O)O)CC4)nc32)C(O)C1O. The van der Waals surface area contributed by atoms with Crippen LogP contribution in [0.25, 0.3) is 11.2 Å². The van der Waals surface area contributed by atoms with E-state index >= 15 is 0 Å². The molecule has 1 aliphatic heterocycles. The third-order valence-corrected chi connectivity index (χ3v) is 7.05. The summed E-state index contributed by atoms with van der Waals surface area (Å²) >= 11 is 0. The number of nitrogens with zero attached hydrogens (tertiary/aromatic N) is 4. The lowest BCUT2D eigenvalue weighted by molar-refractivity contribution is -0.143. The predicted octanol–water partition coefficient (Wildman–Crippen LogP) is 0.233. The first-order chi connectivity index (χ1) is 16.2. The van der Waals surface area contributed by atoms with Crippen molar-refractivity contribution in [2.45, 2.75) is 70.5 Å². The van der Waals surface area contributed by atoms with E-state index in [1.54, 1.807) is 6.92 Å². The number of likely N-dealkylation sites (N-methyl/N-ethyl adjacent to an activating group) is 1. The van der Waals surface area contributed by atoms with Gasteiger partial charge in [0.1, 0.15) is 23.5 Å². The molecule has 12 nitrogen and oxygen atoms in total. The van der Waals surface area contributed by atoms with E-state index < -0.39 is 36.4 Å². The molecule has 4 rings (SSSR count). The Morgan fingerprint density at radius 3 is 2.59 bits per heavy atom. The smallest absolute Gasteiger partial charge is 0.306 e. The predicted molar refractivity (Wildman–Crippen MR) is 120 cm³/mol. The number of anilines is 1. The molecule has 0 bridgehead atoms. The number of carboxylic acids is 1. The first-order valence-electron chi connectivity index (χ1n) is 11.7. The average Bonchev–Trinajstić information content (AvgIpc) is 3.35. The number of aromatic nitrogens is 4. The van der Waals surface area contributed by atoms with Gasteiger partial charge in [0, 0.05) is 13.0 Å². The van der Waals surface area contributed by atoms with Crippen molar-refractivity contribution in [2.75, 3.05) is 12.3 Å². The van der Waals surface area contributed by atoms with Crippen LogP contribution >= 0.6 is 0 Å². The minimum atomic E-state index is -1.41. The van der Waals surface area contributed by atoms with Crippen LogP contribution in [-0.4, -0.2) is 71.6 Å². The quantitative estimate of drug-likeness (QED) is 0.370. The lowest BCUT2D eigenvalue weighted by Crippen LogP contribution is -2.42. The number of nitrogens with two attached hydrogens (primary N) is 1. The van der Waals surface area contributed by atoms with Gasteiger partial charge >= 0.3 is 5.97 Å². The van der Waals surface area contributed by atoms with E-state index in [1.807, 2.05) is 0 Å². The zero-order chi connectivity index (χ0) is 24.6. The second-order valence-corrected chi connectivity index (χ2v) is 9.30. The molecule has 5 unspecified atom stereocenters. The second kappa shape index (κ2) is 9.80. The number of ether oxygens (including phenoxy) is 1. The molecule has 5 atom stereocenters. The molecule has 0 spiro atoms. The van der Waals surface area contributed by atoms with Gasteiger partial charge in [0.05, 0.1) is 12.2 Å². The van der Waals surface area contributed by atoms with Crippen LogP contribution in [0.2, 0.25) is 0 Å². The summed E-state index contributed by atoms with van der Waals surface area (Å²) in [4.78, 5) is 36.7. The van der Waals surface area contributed by atoms with Gasteiger partial charge < -0.3 is 31.1 Å².